The number of nitrogens with zero attached hydrogens (tertiary/aromatic N) is 2. The summed E-state index contributed by atoms with van der Waals surface area (Å²) in [7, 11) is 0. The van der Waals surface area contributed by atoms with Gasteiger partial charge in [0.15, 0.2) is 0 Å². The molecule has 0 aromatic heterocycles. The SMILES string of the molecule is O=C(c1ccc(C(F)(F)F)cc1)N1CCN(C(=O)C2(c3cccc(Br)c3)CC2)CC1. The largest absolute Gasteiger partial charge is 0.416 e. The lowest BCUT2D eigenvalue weighted by molar-refractivity contribution is -0.137. The molecule has 2 aliphatic rings. The van der Waals surface area contributed by atoms with E-state index in [-0.39, 0.29) is 17.4 Å². The summed E-state index contributed by atoms with van der Waals surface area (Å²) >= 11 is 3.46. The van der Waals surface area contributed by atoms with Gasteiger partial charge in [-0.25, -0.2) is 0 Å². The summed E-state index contributed by atoms with van der Waals surface area (Å²) in [6.07, 6.45) is -2.80. The molecular weight excluding hydrogens is 461 g/mol. The maximum Gasteiger partial charge on any atom is 0.416 e. The Morgan fingerprint density at radius 1 is 0.900 bits per heavy atom. The van der Waals surface area contributed by atoms with Crippen molar-refractivity contribution in [2.24, 2.45) is 0 Å². The molecule has 0 radical (unpaired) electrons. The first-order valence-corrected chi connectivity index (χ1v) is 10.5. The third kappa shape index (κ3) is 3.97. The Kier molecular flexibility index (Phi) is 5.38. The number of hydrogen-bond donors (Lipinski definition) is 0. The van der Waals surface area contributed by atoms with Crippen LogP contribution in [0.5, 0.6) is 0 Å². The molecule has 2 amide bonds. The molecule has 1 saturated carbocycles. The molecule has 2 fully saturated rings. The molecule has 0 N–H and O–H groups in total. The fourth-order valence-electron chi connectivity index (χ4n) is 3.94. The van der Waals surface area contributed by atoms with Crippen molar-refractivity contribution in [1.29, 1.82) is 0 Å². The van der Waals surface area contributed by atoms with E-state index in [1.807, 2.05) is 24.3 Å². The molecule has 8 heteroatoms. The molecule has 1 aliphatic heterocycles. The lowest BCUT2D eigenvalue weighted by Gasteiger charge is -2.36. The first-order chi connectivity index (χ1) is 14.2. The molecule has 0 unspecified atom stereocenters. The van der Waals surface area contributed by atoms with Gasteiger partial charge in [-0.2, -0.15) is 13.2 Å². The Morgan fingerprint density at radius 3 is 2.03 bits per heavy atom. The van der Waals surface area contributed by atoms with Gasteiger partial charge < -0.3 is 9.80 Å². The monoisotopic (exact) mass is 480 g/mol. The van der Waals surface area contributed by atoms with Crippen LogP contribution in [0.25, 0.3) is 0 Å². The highest BCUT2D eigenvalue weighted by Crippen LogP contribution is 2.50. The fourth-order valence-corrected chi connectivity index (χ4v) is 4.34. The number of halogens is 4. The minimum Gasteiger partial charge on any atom is -0.338 e. The van der Waals surface area contributed by atoms with Gasteiger partial charge in [-0.1, -0.05) is 28.1 Å². The number of benzene rings is 2. The van der Waals surface area contributed by atoms with Crippen LogP contribution in [0.3, 0.4) is 0 Å². The van der Waals surface area contributed by atoms with Crippen molar-refractivity contribution in [3.8, 4) is 0 Å². The van der Waals surface area contributed by atoms with E-state index < -0.39 is 17.2 Å². The van der Waals surface area contributed by atoms with Crippen LogP contribution in [0.2, 0.25) is 0 Å². The van der Waals surface area contributed by atoms with E-state index in [0.717, 1.165) is 35.0 Å². The van der Waals surface area contributed by atoms with Gasteiger partial charge in [0.1, 0.15) is 0 Å². The lowest BCUT2D eigenvalue weighted by atomic mass is 9.94. The highest BCUT2D eigenvalue weighted by molar-refractivity contribution is 9.10. The molecule has 4 rings (SSSR count). The van der Waals surface area contributed by atoms with E-state index in [1.54, 1.807) is 9.80 Å². The number of rotatable bonds is 3. The van der Waals surface area contributed by atoms with Crippen LogP contribution >= 0.6 is 15.9 Å². The normalized spacial score (nSPS) is 18.3. The number of alkyl halides is 3. The standard InChI is InChI=1S/C22H20BrF3N2O2/c23-18-3-1-2-17(14-18)21(8-9-21)20(30)28-12-10-27(11-13-28)19(29)15-4-6-16(7-5-15)22(24,25)26/h1-7,14H,8-13H2. The van der Waals surface area contributed by atoms with E-state index in [4.69, 9.17) is 0 Å². The van der Waals surface area contributed by atoms with E-state index >= 15 is 0 Å². The third-order valence-corrected chi connectivity index (χ3v) is 6.34. The van der Waals surface area contributed by atoms with Crippen LogP contribution < -0.4 is 0 Å². The van der Waals surface area contributed by atoms with Crippen LogP contribution in [0.1, 0.15) is 34.3 Å². The average molecular weight is 481 g/mol. The molecule has 30 heavy (non-hydrogen) atoms. The molecule has 158 valence electrons. The van der Waals surface area contributed by atoms with Gasteiger partial charge in [-0.3, -0.25) is 9.59 Å². The van der Waals surface area contributed by atoms with Crippen molar-refractivity contribution in [3.05, 3.63) is 69.7 Å². The summed E-state index contributed by atoms with van der Waals surface area (Å²) in [5.74, 6) is -0.230. The first kappa shape index (κ1) is 20.9. The van der Waals surface area contributed by atoms with Gasteiger partial charge in [0.05, 0.1) is 11.0 Å². The number of carbonyl (C=O) groups is 2. The van der Waals surface area contributed by atoms with Gasteiger partial charge in [0.25, 0.3) is 5.91 Å². The molecule has 0 bridgehead atoms. The Hall–Kier alpha value is -2.35. The van der Waals surface area contributed by atoms with Gasteiger partial charge >= 0.3 is 6.18 Å². The number of amides is 2. The predicted molar refractivity (Wildman–Crippen MR) is 109 cm³/mol. The van der Waals surface area contributed by atoms with Gasteiger partial charge in [0.2, 0.25) is 5.91 Å². The number of piperazine rings is 1. The highest BCUT2D eigenvalue weighted by atomic mass is 79.9. The maximum absolute atomic E-state index is 13.2. The van der Waals surface area contributed by atoms with Crippen molar-refractivity contribution >= 4 is 27.7 Å². The van der Waals surface area contributed by atoms with E-state index in [9.17, 15) is 22.8 Å². The Bertz CT molecular complexity index is 963. The molecule has 1 saturated heterocycles. The van der Waals surface area contributed by atoms with Crippen molar-refractivity contribution < 1.29 is 22.8 Å². The Morgan fingerprint density at radius 2 is 1.50 bits per heavy atom. The molecule has 0 atom stereocenters. The zero-order valence-electron chi connectivity index (χ0n) is 16.1. The van der Waals surface area contributed by atoms with Crippen LogP contribution in [0.15, 0.2) is 53.0 Å². The quantitative estimate of drug-likeness (QED) is 0.649. The zero-order chi connectivity index (χ0) is 21.5. The summed E-state index contributed by atoms with van der Waals surface area (Å²) in [6.45, 7) is 1.56. The minimum atomic E-state index is -4.43. The molecule has 1 heterocycles. The molecule has 2 aromatic carbocycles. The summed E-state index contributed by atoms with van der Waals surface area (Å²) in [6, 6.07) is 12.0. The molecule has 2 aromatic rings. The lowest BCUT2D eigenvalue weighted by Crippen LogP contribution is -2.53. The fraction of sp³-hybridized carbons (Fsp3) is 0.364. The van der Waals surface area contributed by atoms with Crippen molar-refractivity contribution in [3.63, 3.8) is 0 Å². The molecule has 4 nitrogen and oxygen atoms in total. The van der Waals surface area contributed by atoms with E-state index in [1.165, 1.54) is 12.1 Å². The second kappa shape index (κ2) is 7.72. The summed E-state index contributed by atoms with van der Waals surface area (Å²) in [5.41, 5.74) is -0.0268. The second-order valence-corrected chi connectivity index (χ2v) is 8.67. The van der Waals surface area contributed by atoms with Crippen LogP contribution in [0, 0.1) is 0 Å². The van der Waals surface area contributed by atoms with E-state index in [2.05, 4.69) is 15.9 Å². The van der Waals surface area contributed by atoms with Gasteiger partial charge in [-0.15, -0.1) is 0 Å². The third-order valence-electron chi connectivity index (χ3n) is 5.85. The van der Waals surface area contributed by atoms with Crippen LogP contribution in [0.4, 0.5) is 13.2 Å². The number of carbonyl (C=O) groups excluding carboxylic acids is 2. The predicted octanol–water partition coefficient (Wildman–Crippen LogP) is 4.48. The first-order valence-electron chi connectivity index (χ1n) is 9.73. The molecule has 1 aliphatic carbocycles. The Labute approximate surface area is 180 Å². The highest BCUT2D eigenvalue weighted by Gasteiger charge is 2.53. The van der Waals surface area contributed by atoms with Crippen molar-refractivity contribution in [2.45, 2.75) is 24.4 Å². The maximum atomic E-state index is 13.2. The summed E-state index contributed by atoms with van der Waals surface area (Å²) in [4.78, 5) is 29.2. The minimum absolute atomic E-state index is 0.0854. The topological polar surface area (TPSA) is 40.6 Å². The van der Waals surface area contributed by atoms with Crippen LogP contribution in [-0.4, -0.2) is 47.8 Å². The van der Waals surface area contributed by atoms with Crippen molar-refractivity contribution in [2.75, 3.05) is 26.2 Å². The van der Waals surface area contributed by atoms with Gasteiger partial charge in [0, 0.05) is 36.2 Å². The van der Waals surface area contributed by atoms with E-state index in [0.29, 0.717) is 26.2 Å². The summed E-state index contributed by atoms with van der Waals surface area (Å²) < 4.78 is 39.1. The second-order valence-electron chi connectivity index (χ2n) is 7.75. The smallest absolute Gasteiger partial charge is 0.338 e. The van der Waals surface area contributed by atoms with Crippen molar-refractivity contribution in [1.82, 2.24) is 9.80 Å². The van der Waals surface area contributed by atoms with Gasteiger partial charge in [-0.05, 0) is 54.8 Å². The molecule has 0 spiro atoms. The van der Waals surface area contributed by atoms with Crippen LogP contribution in [-0.2, 0) is 16.4 Å². The zero-order valence-corrected chi connectivity index (χ0v) is 17.7. The number of hydrogen-bond acceptors (Lipinski definition) is 2. The Balaban J connectivity index is 1.39. The molecular formula is C22H20BrF3N2O2. The summed E-state index contributed by atoms with van der Waals surface area (Å²) in [5, 5.41) is 0. The average Bonchev–Trinajstić information content (AvgIpc) is 3.54.